The molecule has 3 aromatic rings. The van der Waals surface area contributed by atoms with E-state index in [1.165, 1.54) is 6.07 Å². The fourth-order valence-corrected chi connectivity index (χ4v) is 5.06. The summed E-state index contributed by atoms with van der Waals surface area (Å²) in [5.74, 6) is -1.39. The Labute approximate surface area is 181 Å². The van der Waals surface area contributed by atoms with Crippen LogP contribution in [0.1, 0.15) is 10.4 Å². The van der Waals surface area contributed by atoms with Gasteiger partial charge in [0.15, 0.2) is 0 Å². The Morgan fingerprint density at radius 2 is 1.70 bits per heavy atom. The van der Waals surface area contributed by atoms with Gasteiger partial charge in [0.1, 0.15) is 16.5 Å². The monoisotopic (exact) mass is 493 g/mol. The van der Waals surface area contributed by atoms with Gasteiger partial charge >= 0.3 is 5.97 Å². The number of halogens is 2. The molecule has 1 heterocycles. The average Bonchev–Trinajstić information content (AvgIpc) is 2.74. The number of benzene rings is 3. The molecule has 0 bridgehead atoms. The van der Waals surface area contributed by atoms with Crippen LogP contribution in [0.4, 0.5) is 4.39 Å². The second-order valence-electron chi connectivity index (χ2n) is 6.70. The van der Waals surface area contributed by atoms with Crippen molar-refractivity contribution in [2.75, 3.05) is 26.3 Å². The number of nitrogens with zero attached hydrogens (tertiary/aromatic N) is 1. The molecule has 0 unspecified atom stereocenters. The van der Waals surface area contributed by atoms with E-state index in [-0.39, 0.29) is 31.9 Å². The number of morpholine rings is 1. The first kappa shape index (κ1) is 20.9. The summed E-state index contributed by atoms with van der Waals surface area (Å²) in [6.07, 6.45) is 0. The van der Waals surface area contributed by atoms with Crippen LogP contribution in [-0.2, 0) is 14.8 Å². The van der Waals surface area contributed by atoms with Gasteiger partial charge in [-0.3, -0.25) is 0 Å². The molecule has 1 saturated heterocycles. The Bertz CT molecular complexity index is 1230. The molecule has 1 aliphatic heterocycles. The van der Waals surface area contributed by atoms with Crippen molar-refractivity contribution in [1.29, 1.82) is 0 Å². The van der Waals surface area contributed by atoms with Crippen LogP contribution in [0.3, 0.4) is 0 Å². The van der Waals surface area contributed by atoms with Crippen molar-refractivity contribution in [2.24, 2.45) is 0 Å². The van der Waals surface area contributed by atoms with Crippen molar-refractivity contribution in [3.8, 4) is 5.75 Å². The summed E-state index contributed by atoms with van der Waals surface area (Å²) >= 11 is 3.40. The van der Waals surface area contributed by atoms with E-state index in [0.717, 1.165) is 31.7 Å². The third-order valence-electron chi connectivity index (χ3n) is 4.74. The molecule has 0 saturated carbocycles. The highest BCUT2D eigenvalue weighted by Gasteiger charge is 2.30. The summed E-state index contributed by atoms with van der Waals surface area (Å²) in [6, 6.07) is 14.0. The van der Waals surface area contributed by atoms with E-state index in [1.807, 2.05) is 24.3 Å². The highest BCUT2D eigenvalue weighted by Crippen LogP contribution is 2.26. The third-order valence-corrected chi connectivity index (χ3v) is 7.15. The second-order valence-corrected chi connectivity index (χ2v) is 9.53. The van der Waals surface area contributed by atoms with Gasteiger partial charge in [-0.1, -0.05) is 28.1 Å². The third kappa shape index (κ3) is 4.24. The van der Waals surface area contributed by atoms with Gasteiger partial charge in [0.2, 0.25) is 10.0 Å². The topological polar surface area (TPSA) is 72.9 Å². The van der Waals surface area contributed by atoms with Crippen LogP contribution in [0.5, 0.6) is 5.75 Å². The van der Waals surface area contributed by atoms with E-state index in [0.29, 0.717) is 5.75 Å². The zero-order valence-electron chi connectivity index (χ0n) is 15.7. The maximum Gasteiger partial charge on any atom is 0.343 e. The van der Waals surface area contributed by atoms with Crippen molar-refractivity contribution in [3.63, 3.8) is 0 Å². The van der Waals surface area contributed by atoms with Crippen LogP contribution in [0, 0.1) is 5.82 Å². The zero-order chi connectivity index (χ0) is 21.3. The standard InChI is InChI=1S/C21H17BrFNO5S/c22-17-4-1-15-12-18(5-2-14(15)11-17)29-21(25)16-3-6-19(23)20(13-16)30(26,27)24-7-9-28-10-8-24/h1-6,11-13H,7-10H2. The predicted molar refractivity (Wildman–Crippen MR) is 113 cm³/mol. The summed E-state index contributed by atoms with van der Waals surface area (Å²) < 4.78 is 52.5. The lowest BCUT2D eigenvalue weighted by Gasteiger charge is -2.26. The van der Waals surface area contributed by atoms with Gasteiger partial charge in [-0.15, -0.1) is 0 Å². The number of sulfonamides is 1. The lowest BCUT2D eigenvalue weighted by atomic mass is 10.1. The minimum absolute atomic E-state index is 0.0564. The molecule has 1 fully saturated rings. The van der Waals surface area contributed by atoms with E-state index in [2.05, 4.69) is 15.9 Å². The summed E-state index contributed by atoms with van der Waals surface area (Å²) in [4.78, 5) is 12.0. The lowest BCUT2D eigenvalue weighted by molar-refractivity contribution is 0.0726. The molecule has 3 aromatic carbocycles. The first-order chi connectivity index (χ1) is 14.3. The summed E-state index contributed by atoms with van der Waals surface area (Å²) in [5, 5.41) is 1.84. The van der Waals surface area contributed by atoms with Crippen LogP contribution in [-0.4, -0.2) is 45.0 Å². The van der Waals surface area contributed by atoms with Crippen LogP contribution < -0.4 is 4.74 Å². The van der Waals surface area contributed by atoms with Crippen LogP contribution in [0.2, 0.25) is 0 Å². The van der Waals surface area contributed by atoms with E-state index >= 15 is 0 Å². The molecular weight excluding hydrogens is 477 g/mol. The molecule has 1 aliphatic rings. The Hall–Kier alpha value is -2.33. The average molecular weight is 494 g/mol. The molecule has 0 aromatic heterocycles. The van der Waals surface area contributed by atoms with Gasteiger partial charge in [-0.2, -0.15) is 4.31 Å². The van der Waals surface area contributed by atoms with E-state index in [4.69, 9.17) is 9.47 Å². The van der Waals surface area contributed by atoms with Crippen LogP contribution >= 0.6 is 15.9 Å². The lowest BCUT2D eigenvalue weighted by Crippen LogP contribution is -2.41. The molecule has 9 heteroatoms. The maximum atomic E-state index is 14.3. The number of fused-ring (bicyclic) bond motifs is 1. The number of hydrogen-bond acceptors (Lipinski definition) is 5. The first-order valence-electron chi connectivity index (χ1n) is 9.13. The molecule has 0 amide bonds. The number of rotatable bonds is 4. The molecule has 0 N–H and O–H groups in total. The molecule has 4 rings (SSSR count). The molecule has 0 radical (unpaired) electrons. The molecule has 30 heavy (non-hydrogen) atoms. The van der Waals surface area contributed by atoms with Gasteiger partial charge in [-0.25, -0.2) is 17.6 Å². The maximum absolute atomic E-state index is 14.3. The van der Waals surface area contributed by atoms with Gasteiger partial charge in [0.05, 0.1) is 18.8 Å². The van der Waals surface area contributed by atoms with Gasteiger partial charge in [-0.05, 0) is 53.2 Å². The fourth-order valence-electron chi connectivity index (χ4n) is 3.18. The van der Waals surface area contributed by atoms with E-state index in [1.54, 1.807) is 12.1 Å². The SMILES string of the molecule is O=C(Oc1ccc2cc(Br)ccc2c1)c1ccc(F)c(S(=O)(=O)N2CCOCC2)c1. The summed E-state index contributed by atoms with van der Waals surface area (Å²) in [5.41, 5.74) is -0.0564. The molecule has 0 aliphatic carbocycles. The number of hydrogen-bond donors (Lipinski definition) is 0. The van der Waals surface area contributed by atoms with Crippen molar-refractivity contribution in [3.05, 3.63) is 70.5 Å². The Kier molecular flexibility index (Phi) is 5.88. The van der Waals surface area contributed by atoms with Crippen LogP contribution in [0.25, 0.3) is 10.8 Å². The fraction of sp³-hybridized carbons (Fsp3) is 0.190. The van der Waals surface area contributed by atoms with Gasteiger partial charge in [0.25, 0.3) is 0 Å². The van der Waals surface area contributed by atoms with Crippen molar-refractivity contribution in [1.82, 2.24) is 4.31 Å². The highest BCUT2D eigenvalue weighted by molar-refractivity contribution is 9.10. The highest BCUT2D eigenvalue weighted by atomic mass is 79.9. The van der Waals surface area contributed by atoms with Gasteiger partial charge in [0, 0.05) is 17.6 Å². The Morgan fingerprint density at radius 3 is 2.47 bits per heavy atom. The molecule has 0 atom stereocenters. The Morgan fingerprint density at radius 1 is 1.00 bits per heavy atom. The number of ether oxygens (including phenoxy) is 2. The largest absolute Gasteiger partial charge is 0.423 e. The molecule has 0 spiro atoms. The minimum atomic E-state index is -4.09. The smallest absolute Gasteiger partial charge is 0.343 e. The van der Waals surface area contributed by atoms with Crippen molar-refractivity contribution in [2.45, 2.75) is 4.90 Å². The molecule has 156 valence electrons. The second kappa shape index (κ2) is 8.43. The minimum Gasteiger partial charge on any atom is -0.423 e. The molecule has 6 nitrogen and oxygen atoms in total. The first-order valence-corrected chi connectivity index (χ1v) is 11.4. The zero-order valence-corrected chi connectivity index (χ0v) is 18.1. The summed E-state index contributed by atoms with van der Waals surface area (Å²) in [6.45, 7) is 0.732. The quantitative estimate of drug-likeness (QED) is 0.406. The molecular formula is C21H17BrFNO5S. The van der Waals surface area contributed by atoms with Gasteiger partial charge < -0.3 is 9.47 Å². The normalized spacial score (nSPS) is 15.3. The number of carbonyl (C=O) groups excluding carboxylic acids is 1. The van der Waals surface area contributed by atoms with Crippen molar-refractivity contribution < 1.29 is 27.1 Å². The van der Waals surface area contributed by atoms with E-state index < -0.39 is 26.7 Å². The van der Waals surface area contributed by atoms with Crippen molar-refractivity contribution >= 4 is 42.7 Å². The Balaban J connectivity index is 1.60. The van der Waals surface area contributed by atoms with E-state index in [9.17, 15) is 17.6 Å². The predicted octanol–water partition coefficient (Wildman–Crippen LogP) is 3.98. The van der Waals surface area contributed by atoms with Crippen LogP contribution in [0.15, 0.2) is 64.0 Å². The number of carbonyl (C=O) groups is 1. The number of esters is 1. The summed E-state index contributed by atoms with van der Waals surface area (Å²) in [7, 11) is -4.09.